The van der Waals surface area contributed by atoms with E-state index >= 15 is 0 Å². The van der Waals surface area contributed by atoms with Gasteiger partial charge in [-0.3, -0.25) is 0 Å². The lowest BCUT2D eigenvalue weighted by atomic mass is 9.79. The van der Waals surface area contributed by atoms with Crippen LogP contribution in [0.25, 0.3) is 0 Å². The Labute approximate surface area is 120 Å². The normalized spacial score (nSPS) is 29.4. The number of rotatable bonds is 4. The third-order valence-electron chi connectivity index (χ3n) is 5.14. The predicted molar refractivity (Wildman–Crippen MR) is 78.0 cm³/mol. The molecule has 0 aromatic heterocycles. The zero-order valence-corrected chi connectivity index (χ0v) is 11.9. The molecule has 2 nitrogen and oxygen atoms in total. The van der Waals surface area contributed by atoms with Gasteiger partial charge in [-0.05, 0) is 61.3 Å². The summed E-state index contributed by atoms with van der Waals surface area (Å²) in [6.07, 6.45) is 6.72. The quantitative estimate of drug-likeness (QED) is 0.886. The van der Waals surface area contributed by atoms with Gasteiger partial charge in [0.2, 0.25) is 0 Å². The fourth-order valence-electron chi connectivity index (χ4n) is 3.91. The van der Waals surface area contributed by atoms with E-state index in [4.69, 9.17) is 0 Å². The molecule has 2 aliphatic carbocycles. The second-order valence-electron chi connectivity index (χ2n) is 6.29. The summed E-state index contributed by atoms with van der Waals surface area (Å²) in [7, 11) is 0. The van der Waals surface area contributed by atoms with Crippen LogP contribution in [0.4, 0.5) is 4.39 Å². The largest absolute Gasteiger partial charge is 0.396 e. The van der Waals surface area contributed by atoms with E-state index in [1.165, 1.54) is 19.3 Å². The van der Waals surface area contributed by atoms with Crippen LogP contribution in [0.1, 0.15) is 49.3 Å². The van der Waals surface area contributed by atoms with Gasteiger partial charge in [0.05, 0.1) is 0 Å². The first kappa shape index (κ1) is 14.0. The van der Waals surface area contributed by atoms with Crippen LogP contribution in [0.5, 0.6) is 0 Å². The molecule has 0 amide bonds. The minimum atomic E-state index is -0.0577. The van der Waals surface area contributed by atoms with Gasteiger partial charge in [-0.2, -0.15) is 0 Å². The molecule has 1 aromatic rings. The highest BCUT2D eigenvalue weighted by Crippen LogP contribution is 2.34. The molecule has 1 aromatic carbocycles. The van der Waals surface area contributed by atoms with Crippen molar-refractivity contribution in [3.8, 4) is 0 Å². The molecule has 3 atom stereocenters. The van der Waals surface area contributed by atoms with Gasteiger partial charge in [0, 0.05) is 12.6 Å². The zero-order valence-electron chi connectivity index (χ0n) is 11.9. The third-order valence-corrected chi connectivity index (χ3v) is 5.14. The van der Waals surface area contributed by atoms with Gasteiger partial charge in [0.25, 0.3) is 0 Å². The topological polar surface area (TPSA) is 32.3 Å². The monoisotopic (exact) mass is 277 g/mol. The van der Waals surface area contributed by atoms with E-state index in [-0.39, 0.29) is 5.82 Å². The van der Waals surface area contributed by atoms with Gasteiger partial charge in [0.15, 0.2) is 0 Å². The van der Waals surface area contributed by atoms with E-state index in [2.05, 4.69) is 5.32 Å². The Hall–Kier alpha value is -0.930. The molecule has 1 fully saturated rings. The Morgan fingerprint density at radius 2 is 1.95 bits per heavy atom. The van der Waals surface area contributed by atoms with E-state index in [0.29, 0.717) is 24.5 Å². The summed E-state index contributed by atoms with van der Waals surface area (Å²) >= 11 is 0. The second-order valence-corrected chi connectivity index (χ2v) is 6.29. The van der Waals surface area contributed by atoms with Gasteiger partial charge < -0.3 is 10.4 Å². The minimum Gasteiger partial charge on any atom is -0.396 e. The van der Waals surface area contributed by atoms with Gasteiger partial charge in [-0.1, -0.05) is 25.0 Å². The summed E-state index contributed by atoms with van der Waals surface area (Å²) in [5.74, 6) is 0.966. The first-order chi connectivity index (χ1) is 9.79. The van der Waals surface area contributed by atoms with E-state index in [1.54, 1.807) is 6.07 Å². The molecule has 0 spiro atoms. The summed E-state index contributed by atoms with van der Waals surface area (Å²) in [6.45, 7) is 1.26. The molecule has 1 saturated carbocycles. The first-order valence-corrected chi connectivity index (χ1v) is 7.91. The van der Waals surface area contributed by atoms with Gasteiger partial charge in [-0.25, -0.2) is 4.39 Å². The maximum atomic E-state index is 13.7. The van der Waals surface area contributed by atoms with Crippen molar-refractivity contribution in [3.05, 3.63) is 35.1 Å². The maximum Gasteiger partial charge on any atom is 0.126 e. The molecule has 0 heterocycles. The van der Waals surface area contributed by atoms with Crippen LogP contribution >= 0.6 is 0 Å². The van der Waals surface area contributed by atoms with Crippen molar-refractivity contribution in [1.29, 1.82) is 0 Å². The molecule has 3 rings (SSSR count). The van der Waals surface area contributed by atoms with Crippen LogP contribution in [0.15, 0.2) is 18.2 Å². The average Bonchev–Trinajstić information content (AvgIpc) is 2.90. The van der Waals surface area contributed by atoms with E-state index in [9.17, 15) is 9.50 Å². The van der Waals surface area contributed by atoms with Crippen LogP contribution in [0.3, 0.4) is 0 Å². The van der Waals surface area contributed by atoms with Crippen LogP contribution in [-0.2, 0) is 6.42 Å². The van der Waals surface area contributed by atoms with Crippen LogP contribution in [-0.4, -0.2) is 18.3 Å². The molecule has 0 saturated heterocycles. The SMILES string of the molecule is OCC1CCCCC1CNC1CCc2c(F)cccc21. The van der Waals surface area contributed by atoms with Crippen LogP contribution in [0, 0.1) is 17.7 Å². The number of nitrogens with one attached hydrogen (secondary N) is 1. The van der Waals surface area contributed by atoms with Gasteiger partial charge in [-0.15, -0.1) is 0 Å². The Morgan fingerprint density at radius 3 is 2.75 bits per heavy atom. The molecule has 0 bridgehead atoms. The van der Waals surface area contributed by atoms with Crippen molar-refractivity contribution in [3.63, 3.8) is 0 Å². The Morgan fingerprint density at radius 1 is 1.15 bits per heavy atom. The molecular weight excluding hydrogens is 253 g/mol. The number of benzene rings is 1. The second kappa shape index (κ2) is 6.23. The number of aliphatic hydroxyl groups is 1. The molecule has 3 unspecified atom stereocenters. The summed E-state index contributed by atoms with van der Waals surface area (Å²) in [6, 6.07) is 5.71. The molecule has 20 heavy (non-hydrogen) atoms. The predicted octanol–water partition coefficient (Wildman–Crippen LogP) is 3.20. The molecule has 110 valence electrons. The Kier molecular flexibility index (Phi) is 4.37. The number of hydrogen-bond acceptors (Lipinski definition) is 2. The minimum absolute atomic E-state index is 0.0577. The summed E-state index contributed by atoms with van der Waals surface area (Å²) in [5, 5.41) is 13.1. The van der Waals surface area contributed by atoms with Crippen molar-refractivity contribution < 1.29 is 9.50 Å². The van der Waals surface area contributed by atoms with Crippen LogP contribution < -0.4 is 5.32 Å². The number of halogens is 1. The number of hydrogen-bond donors (Lipinski definition) is 2. The molecule has 0 aliphatic heterocycles. The van der Waals surface area contributed by atoms with Crippen molar-refractivity contribution in [1.82, 2.24) is 5.32 Å². The molecule has 3 heteroatoms. The van der Waals surface area contributed by atoms with Crippen molar-refractivity contribution in [2.24, 2.45) is 11.8 Å². The van der Waals surface area contributed by atoms with E-state index in [1.807, 2.05) is 12.1 Å². The first-order valence-electron chi connectivity index (χ1n) is 7.91. The van der Waals surface area contributed by atoms with Crippen molar-refractivity contribution >= 4 is 0 Å². The lowest BCUT2D eigenvalue weighted by Gasteiger charge is -2.31. The van der Waals surface area contributed by atoms with E-state index in [0.717, 1.165) is 36.9 Å². The number of aliphatic hydroxyl groups excluding tert-OH is 1. The van der Waals surface area contributed by atoms with Gasteiger partial charge >= 0.3 is 0 Å². The highest BCUT2D eigenvalue weighted by atomic mass is 19.1. The standard InChI is InChI=1S/C17H24FNO/c18-16-7-3-6-15-14(16)8-9-17(15)19-10-12-4-1-2-5-13(12)11-20/h3,6-7,12-13,17,19-20H,1-2,4-5,8-11H2. The smallest absolute Gasteiger partial charge is 0.126 e. The molecule has 2 N–H and O–H groups in total. The molecule has 2 aliphatic rings. The molecular formula is C17H24FNO. The lowest BCUT2D eigenvalue weighted by molar-refractivity contribution is 0.131. The average molecular weight is 277 g/mol. The summed E-state index contributed by atoms with van der Waals surface area (Å²) in [5.41, 5.74) is 2.04. The Balaban J connectivity index is 1.61. The highest BCUT2D eigenvalue weighted by molar-refractivity contribution is 5.35. The fraction of sp³-hybridized carbons (Fsp3) is 0.647. The summed E-state index contributed by atoms with van der Waals surface area (Å²) < 4.78 is 13.7. The Bertz CT molecular complexity index is 462. The summed E-state index contributed by atoms with van der Waals surface area (Å²) in [4.78, 5) is 0. The fourth-order valence-corrected chi connectivity index (χ4v) is 3.91. The van der Waals surface area contributed by atoms with Crippen molar-refractivity contribution in [2.45, 2.75) is 44.6 Å². The zero-order chi connectivity index (χ0) is 13.9. The maximum absolute atomic E-state index is 13.7. The van der Waals surface area contributed by atoms with E-state index < -0.39 is 0 Å². The third kappa shape index (κ3) is 2.75. The molecule has 0 radical (unpaired) electrons. The highest BCUT2D eigenvalue weighted by Gasteiger charge is 2.28. The number of fused-ring (bicyclic) bond motifs is 1. The van der Waals surface area contributed by atoms with Crippen LogP contribution in [0.2, 0.25) is 0 Å². The van der Waals surface area contributed by atoms with Gasteiger partial charge in [0.1, 0.15) is 5.82 Å². The van der Waals surface area contributed by atoms with Crippen molar-refractivity contribution in [2.75, 3.05) is 13.2 Å². The lowest BCUT2D eigenvalue weighted by Crippen LogP contribution is -2.33.